The first-order valence-electron chi connectivity index (χ1n) is 11.6. The van der Waals surface area contributed by atoms with Gasteiger partial charge < -0.3 is 19.9 Å². The largest absolute Gasteiger partial charge is 0.381 e. The summed E-state index contributed by atoms with van der Waals surface area (Å²) >= 11 is 0. The lowest BCUT2D eigenvalue weighted by atomic mass is 10.1. The number of aromatic nitrogens is 4. The maximum atomic E-state index is 12.4. The van der Waals surface area contributed by atoms with Gasteiger partial charge in [0.1, 0.15) is 16.9 Å². The van der Waals surface area contributed by atoms with E-state index in [0.717, 1.165) is 89.9 Å². The second kappa shape index (κ2) is 11.3. The Bertz CT molecular complexity index is 916. The van der Waals surface area contributed by atoms with Gasteiger partial charge in [0.2, 0.25) is 5.91 Å². The maximum absolute atomic E-state index is 12.4. The smallest absolute Gasteiger partial charge is 0.290 e. The number of aromatic amines is 1. The molecule has 0 atom stereocenters. The molecular formula is C22H36N6O3. The third kappa shape index (κ3) is 5.84. The average Bonchev–Trinajstić information content (AvgIpc) is 3.14. The van der Waals surface area contributed by atoms with Crippen molar-refractivity contribution in [3.8, 4) is 0 Å². The molecule has 3 heterocycles. The molecule has 0 aliphatic carbocycles. The molecule has 0 radical (unpaired) electrons. The monoisotopic (exact) mass is 432 g/mol. The third-order valence-corrected chi connectivity index (χ3v) is 6.10. The fraction of sp³-hybridized carbons (Fsp3) is 0.727. The Morgan fingerprint density at radius 1 is 1.23 bits per heavy atom. The van der Waals surface area contributed by atoms with Crippen molar-refractivity contribution in [2.75, 3.05) is 25.5 Å². The standard InChI is InChI=1S/C22H36N6O3/c1-3-4-9-18-24-19-20(22(30)26-25-21(19)23)28(18)13-8-6-5-7-12-27(16(2)29)17-10-14-31-15-11-17/h17H,3-15H2,1-2H3,(H2,23,25)(H,26,30). The van der Waals surface area contributed by atoms with Crippen molar-refractivity contribution in [1.82, 2.24) is 24.6 Å². The molecule has 0 saturated carbocycles. The Hall–Kier alpha value is -2.42. The van der Waals surface area contributed by atoms with Gasteiger partial charge in [-0.15, -0.1) is 0 Å². The van der Waals surface area contributed by atoms with Crippen molar-refractivity contribution in [3.63, 3.8) is 0 Å². The summed E-state index contributed by atoms with van der Waals surface area (Å²) in [5.74, 6) is 1.33. The number of ether oxygens (including phenoxy) is 1. The van der Waals surface area contributed by atoms with Gasteiger partial charge in [-0.25, -0.2) is 10.1 Å². The summed E-state index contributed by atoms with van der Waals surface area (Å²) in [4.78, 5) is 31.1. The van der Waals surface area contributed by atoms with Crippen LogP contribution in [0.5, 0.6) is 0 Å². The van der Waals surface area contributed by atoms with Crippen molar-refractivity contribution < 1.29 is 9.53 Å². The summed E-state index contributed by atoms with van der Waals surface area (Å²) in [5, 5.41) is 6.34. The van der Waals surface area contributed by atoms with Gasteiger partial charge in [0.25, 0.3) is 5.56 Å². The topological polar surface area (TPSA) is 119 Å². The van der Waals surface area contributed by atoms with Crippen molar-refractivity contribution >= 4 is 22.8 Å². The number of hydrogen-bond donors (Lipinski definition) is 2. The van der Waals surface area contributed by atoms with E-state index < -0.39 is 0 Å². The van der Waals surface area contributed by atoms with Crippen LogP contribution in [0.25, 0.3) is 11.0 Å². The van der Waals surface area contributed by atoms with E-state index in [0.29, 0.717) is 17.1 Å². The molecule has 2 aromatic rings. The Labute approximate surface area is 183 Å². The van der Waals surface area contributed by atoms with Gasteiger partial charge in [0.05, 0.1) is 0 Å². The Morgan fingerprint density at radius 3 is 2.68 bits per heavy atom. The molecule has 0 aromatic carbocycles. The van der Waals surface area contributed by atoms with Gasteiger partial charge in [-0.2, -0.15) is 5.10 Å². The summed E-state index contributed by atoms with van der Waals surface area (Å²) < 4.78 is 7.44. The highest BCUT2D eigenvalue weighted by atomic mass is 16.5. The maximum Gasteiger partial charge on any atom is 0.290 e. The van der Waals surface area contributed by atoms with Gasteiger partial charge in [-0.3, -0.25) is 9.59 Å². The number of anilines is 1. The van der Waals surface area contributed by atoms with Gasteiger partial charge in [0.15, 0.2) is 5.82 Å². The average molecular weight is 433 g/mol. The zero-order valence-electron chi connectivity index (χ0n) is 18.9. The van der Waals surface area contributed by atoms with E-state index in [1.807, 2.05) is 9.47 Å². The minimum Gasteiger partial charge on any atom is -0.381 e. The Balaban J connectivity index is 1.54. The van der Waals surface area contributed by atoms with Crippen LogP contribution in [0.4, 0.5) is 5.82 Å². The van der Waals surface area contributed by atoms with E-state index in [4.69, 9.17) is 10.5 Å². The van der Waals surface area contributed by atoms with Crippen LogP contribution < -0.4 is 11.3 Å². The summed E-state index contributed by atoms with van der Waals surface area (Å²) in [5.41, 5.74) is 6.74. The summed E-state index contributed by atoms with van der Waals surface area (Å²) in [6, 6.07) is 0.315. The van der Waals surface area contributed by atoms with E-state index in [2.05, 4.69) is 22.1 Å². The fourth-order valence-corrected chi connectivity index (χ4v) is 4.39. The second-order valence-corrected chi connectivity index (χ2v) is 8.39. The number of rotatable bonds is 11. The molecule has 172 valence electrons. The van der Waals surface area contributed by atoms with Gasteiger partial charge in [0, 0.05) is 45.7 Å². The Morgan fingerprint density at radius 2 is 1.97 bits per heavy atom. The first kappa shape index (κ1) is 23.2. The quantitative estimate of drug-likeness (QED) is 0.527. The molecule has 1 saturated heterocycles. The highest BCUT2D eigenvalue weighted by molar-refractivity contribution is 5.84. The zero-order chi connectivity index (χ0) is 22.2. The molecule has 0 spiro atoms. The SMILES string of the molecule is CCCCc1nc2c(N)n[nH]c(=O)c2n1CCCCCCN(C(C)=O)C1CCOCC1. The molecule has 2 aromatic heterocycles. The summed E-state index contributed by atoms with van der Waals surface area (Å²) in [6.07, 6.45) is 8.78. The number of unbranched alkanes of at least 4 members (excludes halogenated alkanes) is 4. The molecule has 9 heteroatoms. The van der Waals surface area contributed by atoms with E-state index in [9.17, 15) is 9.59 Å². The fourth-order valence-electron chi connectivity index (χ4n) is 4.39. The number of nitrogens with two attached hydrogens (primary N) is 1. The van der Waals surface area contributed by atoms with Crippen molar-refractivity contribution in [3.05, 3.63) is 16.2 Å². The van der Waals surface area contributed by atoms with Crippen molar-refractivity contribution in [2.45, 2.75) is 84.2 Å². The van der Waals surface area contributed by atoms with Crippen LogP contribution >= 0.6 is 0 Å². The molecular weight excluding hydrogens is 396 g/mol. The molecule has 31 heavy (non-hydrogen) atoms. The van der Waals surface area contributed by atoms with Gasteiger partial charge >= 0.3 is 0 Å². The summed E-state index contributed by atoms with van der Waals surface area (Å²) in [7, 11) is 0. The summed E-state index contributed by atoms with van der Waals surface area (Å²) in [6.45, 7) is 6.83. The van der Waals surface area contributed by atoms with Gasteiger partial charge in [-0.1, -0.05) is 26.2 Å². The normalized spacial score (nSPS) is 14.9. The van der Waals surface area contributed by atoms with Crippen LogP contribution in [0.1, 0.15) is 71.0 Å². The van der Waals surface area contributed by atoms with Crippen LogP contribution in [0.2, 0.25) is 0 Å². The van der Waals surface area contributed by atoms with E-state index in [-0.39, 0.29) is 17.3 Å². The third-order valence-electron chi connectivity index (χ3n) is 6.10. The number of H-pyrrole nitrogens is 1. The van der Waals surface area contributed by atoms with Crippen LogP contribution in [0, 0.1) is 0 Å². The second-order valence-electron chi connectivity index (χ2n) is 8.39. The minimum atomic E-state index is -0.243. The zero-order valence-corrected chi connectivity index (χ0v) is 18.9. The molecule has 1 aliphatic rings. The van der Waals surface area contributed by atoms with E-state index >= 15 is 0 Å². The van der Waals surface area contributed by atoms with Crippen molar-refractivity contribution in [1.29, 1.82) is 0 Å². The molecule has 3 rings (SSSR count). The van der Waals surface area contributed by atoms with Crippen molar-refractivity contribution in [2.24, 2.45) is 0 Å². The number of carbonyl (C=O) groups is 1. The molecule has 0 bridgehead atoms. The van der Waals surface area contributed by atoms with Gasteiger partial charge in [-0.05, 0) is 32.1 Å². The number of hydrogen-bond acceptors (Lipinski definition) is 6. The number of nitrogens with zero attached hydrogens (tertiary/aromatic N) is 4. The molecule has 1 aliphatic heterocycles. The highest BCUT2D eigenvalue weighted by Gasteiger charge is 2.23. The van der Waals surface area contributed by atoms with Crippen LogP contribution in [0.15, 0.2) is 4.79 Å². The Kier molecular flexibility index (Phi) is 8.45. The number of aryl methyl sites for hydroxylation is 2. The number of nitrogens with one attached hydrogen (secondary N) is 1. The first-order valence-corrected chi connectivity index (χ1v) is 11.6. The predicted molar refractivity (Wildman–Crippen MR) is 121 cm³/mol. The molecule has 1 fully saturated rings. The predicted octanol–water partition coefficient (Wildman–Crippen LogP) is 2.63. The first-order chi connectivity index (χ1) is 15.0. The van der Waals surface area contributed by atoms with E-state index in [1.54, 1.807) is 6.92 Å². The van der Waals surface area contributed by atoms with Crippen LogP contribution in [-0.4, -0.2) is 56.4 Å². The number of amides is 1. The molecule has 1 amide bonds. The minimum absolute atomic E-state index is 0.155. The lowest BCUT2D eigenvalue weighted by Gasteiger charge is -2.33. The number of imidazole rings is 1. The van der Waals surface area contributed by atoms with Crippen LogP contribution in [0.3, 0.4) is 0 Å². The lowest BCUT2D eigenvalue weighted by molar-refractivity contribution is -0.133. The van der Waals surface area contributed by atoms with Crippen LogP contribution in [-0.2, 0) is 22.5 Å². The molecule has 9 nitrogen and oxygen atoms in total. The highest BCUT2D eigenvalue weighted by Crippen LogP contribution is 2.20. The lowest BCUT2D eigenvalue weighted by Crippen LogP contribution is -2.42. The molecule has 0 unspecified atom stereocenters. The number of fused-ring (bicyclic) bond motifs is 1. The molecule has 3 N–H and O–H groups in total. The number of carbonyl (C=O) groups excluding carboxylic acids is 1. The number of nitrogen functional groups attached to an aromatic ring is 1. The van der Waals surface area contributed by atoms with E-state index in [1.165, 1.54) is 0 Å².